The largest absolute Gasteiger partial charge is 0.351 e. The molecule has 0 bridgehead atoms. The molecule has 1 aromatic carbocycles. The second-order valence-corrected chi connectivity index (χ2v) is 4.93. The van der Waals surface area contributed by atoms with E-state index in [2.05, 4.69) is 22.5 Å². The van der Waals surface area contributed by atoms with Gasteiger partial charge in [-0.3, -0.25) is 9.69 Å². The number of nitrogens with one attached hydrogen (secondary N) is 2. The summed E-state index contributed by atoms with van der Waals surface area (Å²) in [5.41, 5.74) is 0.906. The van der Waals surface area contributed by atoms with Gasteiger partial charge in [-0.1, -0.05) is 12.1 Å². The Morgan fingerprint density at radius 2 is 2.15 bits per heavy atom. The summed E-state index contributed by atoms with van der Waals surface area (Å²) in [5.74, 6) is -0.247. The van der Waals surface area contributed by atoms with Gasteiger partial charge in [0.15, 0.2) is 0 Å². The van der Waals surface area contributed by atoms with E-state index in [1.165, 1.54) is 12.1 Å². The Bertz CT molecular complexity index is 427. The molecule has 0 aliphatic carbocycles. The maximum atomic E-state index is 12.7. The van der Waals surface area contributed by atoms with Crippen LogP contribution in [0.2, 0.25) is 0 Å². The molecule has 2 N–H and O–H groups in total. The molecule has 112 valence electrons. The number of hydrogen-bond acceptors (Lipinski definition) is 3. The van der Waals surface area contributed by atoms with Crippen LogP contribution < -0.4 is 10.6 Å². The van der Waals surface area contributed by atoms with Crippen molar-refractivity contribution in [3.8, 4) is 0 Å². The second-order valence-electron chi connectivity index (χ2n) is 4.93. The molecule has 1 aliphatic rings. The van der Waals surface area contributed by atoms with Crippen molar-refractivity contribution in [2.75, 3.05) is 26.2 Å². The van der Waals surface area contributed by atoms with Crippen molar-refractivity contribution in [3.63, 3.8) is 0 Å². The first kappa shape index (κ1) is 16.9. The summed E-state index contributed by atoms with van der Waals surface area (Å²) < 4.78 is 12.7. The lowest BCUT2D eigenvalue weighted by molar-refractivity contribution is -0.123. The molecule has 1 heterocycles. The SMILES string of the molecule is C[C@H]1CNCCN1CC(=O)NCc1ccc(F)cc1.Cl. The van der Waals surface area contributed by atoms with E-state index in [0.29, 0.717) is 19.1 Å². The predicted octanol–water partition coefficient (Wildman–Crippen LogP) is 1.16. The van der Waals surface area contributed by atoms with E-state index in [0.717, 1.165) is 25.2 Å². The van der Waals surface area contributed by atoms with Crippen LogP contribution in [-0.2, 0) is 11.3 Å². The summed E-state index contributed by atoms with van der Waals surface area (Å²) in [7, 11) is 0. The lowest BCUT2D eigenvalue weighted by Crippen LogP contribution is -2.52. The van der Waals surface area contributed by atoms with Gasteiger partial charge in [-0.05, 0) is 24.6 Å². The summed E-state index contributed by atoms with van der Waals surface area (Å²) in [6.07, 6.45) is 0. The third-order valence-corrected chi connectivity index (χ3v) is 3.39. The molecule has 1 aliphatic heterocycles. The van der Waals surface area contributed by atoms with E-state index < -0.39 is 0 Å². The maximum absolute atomic E-state index is 12.7. The van der Waals surface area contributed by atoms with Gasteiger partial charge in [-0.15, -0.1) is 12.4 Å². The lowest BCUT2D eigenvalue weighted by atomic mass is 10.2. The van der Waals surface area contributed by atoms with Crippen molar-refractivity contribution in [2.24, 2.45) is 0 Å². The summed E-state index contributed by atoms with van der Waals surface area (Å²) in [6.45, 7) is 5.72. The van der Waals surface area contributed by atoms with Crippen LogP contribution in [-0.4, -0.2) is 43.0 Å². The minimum Gasteiger partial charge on any atom is -0.351 e. The van der Waals surface area contributed by atoms with E-state index >= 15 is 0 Å². The fourth-order valence-electron chi connectivity index (χ4n) is 2.16. The molecule has 1 saturated heterocycles. The highest BCUT2D eigenvalue weighted by Crippen LogP contribution is 2.03. The van der Waals surface area contributed by atoms with Gasteiger partial charge in [-0.25, -0.2) is 4.39 Å². The molecular formula is C14H21ClFN3O. The fourth-order valence-corrected chi connectivity index (χ4v) is 2.16. The zero-order valence-corrected chi connectivity index (χ0v) is 12.4. The Labute approximate surface area is 125 Å². The Kier molecular flexibility index (Phi) is 6.91. The summed E-state index contributed by atoms with van der Waals surface area (Å²) >= 11 is 0. The smallest absolute Gasteiger partial charge is 0.234 e. The lowest BCUT2D eigenvalue weighted by Gasteiger charge is -2.33. The van der Waals surface area contributed by atoms with Crippen molar-refractivity contribution in [2.45, 2.75) is 19.5 Å². The minimum absolute atomic E-state index is 0. The van der Waals surface area contributed by atoms with Gasteiger partial charge in [0.05, 0.1) is 6.54 Å². The molecule has 0 unspecified atom stereocenters. The summed E-state index contributed by atoms with van der Waals surface area (Å²) in [5, 5.41) is 6.15. The molecule has 6 heteroatoms. The van der Waals surface area contributed by atoms with Crippen LogP contribution in [0.15, 0.2) is 24.3 Å². The second kappa shape index (κ2) is 8.19. The number of carbonyl (C=O) groups is 1. The van der Waals surface area contributed by atoms with Crippen LogP contribution in [0.25, 0.3) is 0 Å². The number of halogens is 2. The van der Waals surface area contributed by atoms with Gasteiger partial charge < -0.3 is 10.6 Å². The zero-order valence-electron chi connectivity index (χ0n) is 11.6. The number of nitrogens with zero attached hydrogens (tertiary/aromatic N) is 1. The van der Waals surface area contributed by atoms with Gasteiger partial charge >= 0.3 is 0 Å². The maximum Gasteiger partial charge on any atom is 0.234 e. The Morgan fingerprint density at radius 3 is 2.80 bits per heavy atom. The van der Waals surface area contributed by atoms with Crippen molar-refractivity contribution in [1.29, 1.82) is 0 Å². The molecule has 0 aromatic heterocycles. The Morgan fingerprint density at radius 1 is 1.45 bits per heavy atom. The highest BCUT2D eigenvalue weighted by Gasteiger charge is 2.19. The number of carbonyl (C=O) groups excluding carboxylic acids is 1. The Balaban J connectivity index is 0.00000200. The monoisotopic (exact) mass is 301 g/mol. The van der Waals surface area contributed by atoms with Gasteiger partial charge in [0.25, 0.3) is 0 Å². The van der Waals surface area contributed by atoms with E-state index in [1.54, 1.807) is 12.1 Å². The molecular weight excluding hydrogens is 281 g/mol. The van der Waals surface area contributed by atoms with E-state index in [4.69, 9.17) is 0 Å². The highest BCUT2D eigenvalue weighted by atomic mass is 35.5. The molecule has 4 nitrogen and oxygen atoms in total. The minimum atomic E-state index is -0.260. The third-order valence-electron chi connectivity index (χ3n) is 3.39. The van der Waals surface area contributed by atoms with E-state index in [-0.39, 0.29) is 24.1 Å². The number of benzene rings is 1. The van der Waals surface area contributed by atoms with Crippen LogP contribution in [0, 0.1) is 5.82 Å². The first-order chi connectivity index (χ1) is 9.15. The standard InChI is InChI=1S/C14H20FN3O.ClH/c1-11-8-16-6-7-18(11)10-14(19)17-9-12-2-4-13(15)5-3-12;/h2-5,11,16H,6-10H2,1H3,(H,17,19);1H/t11-;/m0./s1. The van der Waals surface area contributed by atoms with Crippen molar-refractivity contribution in [3.05, 3.63) is 35.6 Å². The van der Waals surface area contributed by atoms with E-state index in [1.807, 2.05) is 0 Å². The van der Waals surface area contributed by atoms with Crippen LogP contribution in [0.5, 0.6) is 0 Å². The first-order valence-electron chi connectivity index (χ1n) is 6.61. The zero-order chi connectivity index (χ0) is 13.7. The molecule has 2 rings (SSSR count). The first-order valence-corrected chi connectivity index (χ1v) is 6.61. The molecule has 1 fully saturated rings. The number of rotatable bonds is 4. The molecule has 0 radical (unpaired) electrons. The molecule has 0 spiro atoms. The third kappa shape index (κ3) is 5.07. The topological polar surface area (TPSA) is 44.4 Å². The number of piperazine rings is 1. The molecule has 0 saturated carbocycles. The normalized spacial score (nSPS) is 19.2. The predicted molar refractivity (Wildman–Crippen MR) is 79.4 cm³/mol. The van der Waals surface area contributed by atoms with Crippen molar-refractivity contribution in [1.82, 2.24) is 15.5 Å². The highest BCUT2D eigenvalue weighted by molar-refractivity contribution is 5.85. The fraction of sp³-hybridized carbons (Fsp3) is 0.500. The molecule has 1 atom stereocenters. The van der Waals surface area contributed by atoms with Gasteiger partial charge in [-0.2, -0.15) is 0 Å². The van der Waals surface area contributed by atoms with Crippen LogP contribution in [0.3, 0.4) is 0 Å². The average molecular weight is 302 g/mol. The summed E-state index contributed by atoms with van der Waals surface area (Å²) in [6, 6.07) is 6.55. The van der Waals surface area contributed by atoms with Crippen LogP contribution >= 0.6 is 12.4 Å². The van der Waals surface area contributed by atoms with Crippen LogP contribution in [0.4, 0.5) is 4.39 Å². The molecule has 1 aromatic rings. The Hall–Kier alpha value is -1.17. The number of amides is 1. The average Bonchev–Trinajstić information content (AvgIpc) is 2.41. The summed E-state index contributed by atoms with van der Waals surface area (Å²) in [4.78, 5) is 14.0. The molecule has 1 amide bonds. The van der Waals surface area contributed by atoms with Gasteiger partial charge in [0.1, 0.15) is 5.82 Å². The van der Waals surface area contributed by atoms with Crippen LogP contribution in [0.1, 0.15) is 12.5 Å². The van der Waals surface area contributed by atoms with E-state index in [9.17, 15) is 9.18 Å². The van der Waals surface area contributed by atoms with Crippen molar-refractivity contribution >= 4 is 18.3 Å². The quantitative estimate of drug-likeness (QED) is 0.877. The number of hydrogen-bond donors (Lipinski definition) is 2. The van der Waals surface area contributed by atoms with Gasteiger partial charge in [0.2, 0.25) is 5.91 Å². The van der Waals surface area contributed by atoms with Crippen molar-refractivity contribution < 1.29 is 9.18 Å². The van der Waals surface area contributed by atoms with Gasteiger partial charge in [0, 0.05) is 32.2 Å². The molecule has 20 heavy (non-hydrogen) atoms.